The highest BCUT2D eigenvalue weighted by atomic mass is 32.1. The Morgan fingerprint density at radius 1 is 1.48 bits per heavy atom. The van der Waals surface area contributed by atoms with Gasteiger partial charge in [-0.1, -0.05) is 0 Å². The lowest BCUT2D eigenvalue weighted by Crippen LogP contribution is -2.37. The first-order valence-corrected chi connectivity index (χ1v) is 8.69. The van der Waals surface area contributed by atoms with Gasteiger partial charge < -0.3 is 14.6 Å². The molecule has 0 bridgehead atoms. The summed E-state index contributed by atoms with van der Waals surface area (Å²) in [5.41, 5.74) is 1.97. The molecule has 5 nitrogen and oxygen atoms in total. The standard InChI is InChI=1S/C17H20N2O3S/c1-12-7-14(8-16(20)18-12)17(21)19(9-13-4-6-23-11-13)10-15-3-2-5-22-15/h4,6-8,11,15H,2-3,5,9-10H2,1H3,(H,18,20)/t15-/m1/s1. The molecule has 0 unspecified atom stereocenters. The molecular weight excluding hydrogens is 312 g/mol. The van der Waals surface area contributed by atoms with Gasteiger partial charge in [-0.25, -0.2) is 0 Å². The Kier molecular flexibility index (Phi) is 4.93. The number of hydrogen-bond donors (Lipinski definition) is 1. The summed E-state index contributed by atoms with van der Waals surface area (Å²) >= 11 is 1.61. The molecule has 3 heterocycles. The number of aromatic nitrogens is 1. The predicted molar refractivity (Wildman–Crippen MR) is 89.8 cm³/mol. The number of carbonyl (C=O) groups is 1. The van der Waals surface area contributed by atoms with Gasteiger partial charge in [-0.15, -0.1) is 0 Å². The van der Waals surface area contributed by atoms with E-state index in [9.17, 15) is 9.59 Å². The molecule has 122 valence electrons. The number of carbonyl (C=O) groups excluding carboxylic acids is 1. The number of rotatable bonds is 5. The van der Waals surface area contributed by atoms with Crippen molar-refractivity contribution in [2.24, 2.45) is 0 Å². The van der Waals surface area contributed by atoms with Crippen molar-refractivity contribution in [1.29, 1.82) is 0 Å². The molecule has 1 saturated heterocycles. The number of thiophene rings is 1. The van der Waals surface area contributed by atoms with Gasteiger partial charge in [-0.05, 0) is 48.2 Å². The van der Waals surface area contributed by atoms with Crippen LogP contribution in [0.2, 0.25) is 0 Å². The van der Waals surface area contributed by atoms with Gasteiger partial charge in [-0.3, -0.25) is 9.59 Å². The second-order valence-electron chi connectivity index (χ2n) is 5.87. The fraction of sp³-hybridized carbons (Fsp3) is 0.412. The molecule has 1 fully saturated rings. The number of H-pyrrole nitrogens is 1. The maximum Gasteiger partial charge on any atom is 0.254 e. The minimum atomic E-state index is -0.249. The molecule has 1 atom stereocenters. The third-order valence-corrected chi connectivity index (χ3v) is 4.65. The number of nitrogens with zero attached hydrogens (tertiary/aromatic N) is 1. The second kappa shape index (κ2) is 7.10. The summed E-state index contributed by atoms with van der Waals surface area (Å²) < 4.78 is 5.68. The summed E-state index contributed by atoms with van der Waals surface area (Å²) in [5, 5.41) is 4.04. The maximum absolute atomic E-state index is 12.9. The van der Waals surface area contributed by atoms with Crippen LogP contribution in [-0.4, -0.2) is 35.0 Å². The molecule has 0 aromatic carbocycles. The molecule has 1 amide bonds. The lowest BCUT2D eigenvalue weighted by atomic mass is 10.1. The van der Waals surface area contributed by atoms with E-state index >= 15 is 0 Å². The SMILES string of the molecule is Cc1cc(C(=O)N(Cc2ccsc2)C[C@H]2CCCO2)cc(=O)[nH]1. The van der Waals surface area contributed by atoms with Crippen molar-refractivity contribution in [3.8, 4) is 0 Å². The number of ether oxygens (including phenoxy) is 1. The van der Waals surface area contributed by atoms with Crippen LogP contribution in [-0.2, 0) is 11.3 Å². The van der Waals surface area contributed by atoms with Crippen LogP contribution in [0.3, 0.4) is 0 Å². The highest BCUT2D eigenvalue weighted by molar-refractivity contribution is 7.07. The van der Waals surface area contributed by atoms with E-state index < -0.39 is 0 Å². The normalized spacial score (nSPS) is 17.3. The van der Waals surface area contributed by atoms with Gasteiger partial charge >= 0.3 is 0 Å². The number of aromatic amines is 1. The molecule has 0 spiro atoms. The Morgan fingerprint density at radius 3 is 3.00 bits per heavy atom. The fourth-order valence-corrected chi connectivity index (χ4v) is 3.50. The maximum atomic E-state index is 12.9. The number of nitrogens with one attached hydrogen (secondary N) is 1. The van der Waals surface area contributed by atoms with Crippen molar-refractivity contribution in [2.45, 2.75) is 32.4 Å². The van der Waals surface area contributed by atoms with Crippen molar-refractivity contribution in [3.05, 3.63) is 56.1 Å². The quantitative estimate of drug-likeness (QED) is 0.915. The van der Waals surface area contributed by atoms with Crippen LogP contribution < -0.4 is 5.56 Å². The lowest BCUT2D eigenvalue weighted by Gasteiger charge is -2.25. The van der Waals surface area contributed by atoms with E-state index in [2.05, 4.69) is 4.98 Å². The zero-order valence-electron chi connectivity index (χ0n) is 13.1. The molecular formula is C17H20N2O3S. The minimum absolute atomic E-state index is 0.0840. The van der Waals surface area contributed by atoms with Crippen LogP contribution in [0.1, 0.15) is 34.5 Å². The molecule has 23 heavy (non-hydrogen) atoms. The molecule has 1 aliphatic heterocycles. The van der Waals surface area contributed by atoms with Crippen molar-refractivity contribution in [1.82, 2.24) is 9.88 Å². The van der Waals surface area contributed by atoms with Gasteiger partial charge in [-0.2, -0.15) is 11.3 Å². The zero-order valence-corrected chi connectivity index (χ0v) is 13.9. The van der Waals surface area contributed by atoms with E-state index in [1.165, 1.54) is 6.07 Å². The summed E-state index contributed by atoms with van der Waals surface area (Å²) in [4.78, 5) is 29.0. The summed E-state index contributed by atoms with van der Waals surface area (Å²) in [5.74, 6) is -0.124. The summed E-state index contributed by atoms with van der Waals surface area (Å²) in [6.07, 6.45) is 2.09. The first-order chi connectivity index (χ1) is 11.1. The highest BCUT2D eigenvalue weighted by Crippen LogP contribution is 2.18. The van der Waals surface area contributed by atoms with Crippen LogP contribution in [0.4, 0.5) is 0 Å². The fourth-order valence-electron chi connectivity index (χ4n) is 2.85. The molecule has 0 radical (unpaired) electrons. The van der Waals surface area contributed by atoms with E-state index in [0.29, 0.717) is 24.3 Å². The third-order valence-electron chi connectivity index (χ3n) is 3.91. The Hall–Kier alpha value is -1.92. The van der Waals surface area contributed by atoms with Crippen molar-refractivity contribution < 1.29 is 9.53 Å². The van der Waals surface area contributed by atoms with Crippen LogP contribution >= 0.6 is 11.3 Å². The molecule has 2 aromatic rings. The van der Waals surface area contributed by atoms with Gasteiger partial charge in [0.2, 0.25) is 5.56 Å². The summed E-state index contributed by atoms with van der Waals surface area (Å²) in [6, 6.07) is 5.11. The van der Waals surface area contributed by atoms with Crippen LogP contribution in [0, 0.1) is 6.92 Å². The van der Waals surface area contributed by atoms with E-state index in [-0.39, 0.29) is 17.6 Å². The molecule has 2 aromatic heterocycles. The smallest absolute Gasteiger partial charge is 0.254 e. The third kappa shape index (κ3) is 4.09. The first kappa shape index (κ1) is 16.0. The van der Waals surface area contributed by atoms with Gasteiger partial charge in [0.05, 0.1) is 6.10 Å². The number of aryl methyl sites for hydroxylation is 1. The molecule has 6 heteroatoms. The summed E-state index contributed by atoms with van der Waals surface area (Å²) in [6.45, 7) is 3.63. The van der Waals surface area contributed by atoms with E-state index in [4.69, 9.17) is 4.74 Å². The monoisotopic (exact) mass is 332 g/mol. The van der Waals surface area contributed by atoms with Gasteiger partial charge in [0.1, 0.15) is 0 Å². The average Bonchev–Trinajstić information content (AvgIpc) is 3.18. The second-order valence-corrected chi connectivity index (χ2v) is 6.65. The zero-order chi connectivity index (χ0) is 16.2. The van der Waals surface area contributed by atoms with E-state index in [1.807, 2.05) is 16.8 Å². The molecule has 0 aliphatic carbocycles. The van der Waals surface area contributed by atoms with E-state index in [0.717, 1.165) is 25.0 Å². The van der Waals surface area contributed by atoms with Gasteiger partial charge in [0, 0.05) is 37.0 Å². The topological polar surface area (TPSA) is 62.4 Å². The van der Waals surface area contributed by atoms with Crippen molar-refractivity contribution in [2.75, 3.05) is 13.2 Å². The minimum Gasteiger partial charge on any atom is -0.376 e. The Morgan fingerprint density at radius 2 is 2.35 bits per heavy atom. The van der Waals surface area contributed by atoms with E-state index in [1.54, 1.807) is 29.2 Å². The number of hydrogen-bond acceptors (Lipinski definition) is 4. The number of pyridine rings is 1. The molecule has 1 aliphatic rings. The Bertz CT molecular complexity index is 718. The molecule has 1 N–H and O–H groups in total. The van der Waals surface area contributed by atoms with Crippen molar-refractivity contribution in [3.63, 3.8) is 0 Å². The number of amides is 1. The first-order valence-electron chi connectivity index (χ1n) is 7.75. The predicted octanol–water partition coefficient (Wildman–Crippen LogP) is 2.57. The lowest BCUT2D eigenvalue weighted by molar-refractivity contribution is 0.0507. The Labute approximate surface area is 138 Å². The van der Waals surface area contributed by atoms with Gasteiger partial charge in [0.25, 0.3) is 5.91 Å². The van der Waals surface area contributed by atoms with Crippen molar-refractivity contribution >= 4 is 17.2 Å². The Balaban J connectivity index is 1.83. The average molecular weight is 332 g/mol. The largest absolute Gasteiger partial charge is 0.376 e. The summed E-state index contributed by atoms with van der Waals surface area (Å²) in [7, 11) is 0. The highest BCUT2D eigenvalue weighted by Gasteiger charge is 2.24. The molecule has 0 saturated carbocycles. The molecule has 3 rings (SSSR count). The van der Waals surface area contributed by atoms with Crippen LogP contribution in [0.5, 0.6) is 0 Å². The van der Waals surface area contributed by atoms with Crippen LogP contribution in [0.25, 0.3) is 0 Å². The van der Waals surface area contributed by atoms with Gasteiger partial charge in [0.15, 0.2) is 0 Å². The van der Waals surface area contributed by atoms with Crippen LogP contribution in [0.15, 0.2) is 33.8 Å².